The predicted molar refractivity (Wildman–Crippen MR) is 115 cm³/mol. The minimum absolute atomic E-state index is 0.730. The van der Waals surface area contributed by atoms with Gasteiger partial charge in [-0.3, -0.25) is 0 Å². The smallest absolute Gasteiger partial charge is 0.00463 e. The summed E-state index contributed by atoms with van der Waals surface area (Å²) in [6.45, 7) is 2.24. The van der Waals surface area contributed by atoms with E-state index in [-0.39, 0.29) is 0 Å². The number of hydrogen-bond acceptors (Lipinski definition) is 1. The van der Waals surface area contributed by atoms with Gasteiger partial charge in [0, 0.05) is 4.90 Å². The van der Waals surface area contributed by atoms with E-state index in [1.165, 1.54) is 63.1 Å². The molecular weight excluding hydrogens is 332 g/mol. The van der Waals surface area contributed by atoms with Gasteiger partial charge < -0.3 is 0 Å². The van der Waals surface area contributed by atoms with Crippen molar-refractivity contribution in [2.75, 3.05) is 0 Å². The Labute approximate surface area is 160 Å². The van der Waals surface area contributed by atoms with Crippen LogP contribution in [0.15, 0.2) is 71.6 Å². The van der Waals surface area contributed by atoms with Gasteiger partial charge in [0.05, 0.1) is 0 Å². The van der Waals surface area contributed by atoms with E-state index in [4.69, 9.17) is 0 Å². The van der Waals surface area contributed by atoms with Crippen LogP contribution in [-0.2, 0) is 0 Å². The van der Waals surface area contributed by atoms with Crippen molar-refractivity contribution >= 4 is 34.2 Å². The lowest BCUT2D eigenvalue weighted by atomic mass is 9.76. The fourth-order valence-electron chi connectivity index (χ4n) is 4.40. The quantitative estimate of drug-likeness (QED) is 0.279. The first-order valence-electron chi connectivity index (χ1n) is 9.47. The molecule has 1 saturated carbocycles. The highest BCUT2D eigenvalue weighted by Crippen LogP contribution is 2.44. The molecule has 0 aromatic heterocycles. The summed E-state index contributed by atoms with van der Waals surface area (Å²) in [5.74, 6) is 0.730. The van der Waals surface area contributed by atoms with Crippen LogP contribution in [0.2, 0.25) is 0 Å². The van der Waals surface area contributed by atoms with E-state index < -0.39 is 0 Å². The Kier molecular flexibility index (Phi) is 3.79. The Morgan fingerprint density at radius 2 is 1.58 bits per heavy atom. The number of hydrogen-bond donors (Lipinski definition) is 1. The van der Waals surface area contributed by atoms with Crippen LogP contribution < -0.4 is 0 Å². The van der Waals surface area contributed by atoms with Crippen molar-refractivity contribution in [3.8, 4) is 11.1 Å². The van der Waals surface area contributed by atoms with E-state index in [0.29, 0.717) is 0 Å². The highest BCUT2D eigenvalue weighted by atomic mass is 32.1. The summed E-state index contributed by atoms with van der Waals surface area (Å²) in [5.41, 5.74) is 5.71. The molecule has 1 aliphatic rings. The molecule has 0 bridgehead atoms. The molecule has 0 heterocycles. The predicted octanol–water partition coefficient (Wildman–Crippen LogP) is 7.52. The molecule has 1 aliphatic carbocycles. The summed E-state index contributed by atoms with van der Waals surface area (Å²) in [5, 5.41) is 5.26. The molecule has 4 aromatic rings. The lowest BCUT2D eigenvalue weighted by Gasteiger charge is -2.28. The van der Waals surface area contributed by atoms with Gasteiger partial charge in [-0.25, -0.2) is 0 Å². The van der Waals surface area contributed by atoms with Crippen LogP contribution in [0.3, 0.4) is 0 Å². The average Bonchev–Trinajstić information content (AvgIpc) is 2.60. The van der Waals surface area contributed by atoms with E-state index in [1.54, 1.807) is 0 Å². The second kappa shape index (κ2) is 6.17. The van der Waals surface area contributed by atoms with E-state index in [0.717, 1.165) is 10.8 Å². The maximum absolute atomic E-state index is 4.50. The zero-order valence-electron chi connectivity index (χ0n) is 15.0. The summed E-state index contributed by atoms with van der Waals surface area (Å²) in [6.07, 6.45) is 4.02. The Hall–Kier alpha value is -2.25. The van der Waals surface area contributed by atoms with Crippen molar-refractivity contribution < 1.29 is 0 Å². The Morgan fingerprint density at radius 1 is 0.808 bits per heavy atom. The average molecular weight is 355 g/mol. The van der Waals surface area contributed by atoms with Crippen molar-refractivity contribution in [1.82, 2.24) is 0 Å². The molecule has 0 N–H and O–H groups in total. The largest absolute Gasteiger partial charge is 0.143 e. The first-order chi connectivity index (χ1) is 12.7. The number of thiol groups is 1. The Bertz CT molecular complexity index is 1140. The Morgan fingerprint density at radius 3 is 2.38 bits per heavy atom. The van der Waals surface area contributed by atoms with E-state index >= 15 is 0 Å². The van der Waals surface area contributed by atoms with Gasteiger partial charge in [0.1, 0.15) is 0 Å². The molecule has 0 saturated heterocycles. The van der Waals surface area contributed by atoms with Crippen LogP contribution in [-0.4, -0.2) is 0 Å². The van der Waals surface area contributed by atoms with Gasteiger partial charge in [-0.15, -0.1) is 12.6 Å². The number of aryl methyl sites for hydroxylation is 1. The third-order valence-corrected chi connectivity index (χ3v) is 6.26. The number of benzene rings is 4. The maximum Gasteiger partial charge on any atom is 0.00463 e. The minimum Gasteiger partial charge on any atom is -0.143 e. The second-order valence-corrected chi connectivity index (χ2v) is 8.06. The molecule has 0 amide bonds. The molecule has 4 aromatic carbocycles. The lowest BCUT2D eigenvalue weighted by Crippen LogP contribution is -2.10. The zero-order valence-corrected chi connectivity index (χ0v) is 15.9. The van der Waals surface area contributed by atoms with Gasteiger partial charge in [0.15, 0.2) is 0 Å². The van der Waals surface area contributed by atoms with Gasteiger partial charge in [-0.2, -0.15) is 0 Å². The van der Waals surface area contributed by atoms with Crippen molar-refractivity contribution in [2.45, 2.75) is 37.0 Å². The van der Waals surface area contributed by atoms with Crippen LogP contribution in [0.1, 0.15) is 36.3 Å². The molecule has 128 valence electrons. The molecule has 0 radical (unpaired) electrons. The highest BCUT2D eigenvalue weighted by molar-refractivity contribution is 7.80. The van der Waals surface area contributed by atoms with Crippen molar-refractivity contribution in [3.05, 3.63) is 77.9 Å². The third kappa shape index (κ3) is 2.46. The molecule has 0 atom stereocenters. The van der Waals surface area contributed by atoms with Gasteiger partial charge >= 0.3 is 0 Å². The van der Waals surface area contributed by atoms with Crippen LogP contribution in [0.4, 0.5) is 0 Å². The van der Waals surface area contributed by atoms with Crippen molar-refractivity contribution in [1.29, 1.82) is 0 Å². The lowest BCUT2D eigenvalue weighted by molar-refractivity contribution is 0.420. The number of fused-ring (bicyclic) bond motifs is 3. The van der Waals surface area contributed by atoms with Crippen LogP contribution in [0, 0.1) is 6.92 Å². The zero-order chi connectivity index (χ0) is 17.7. The van der Waals surface area contributed by atoms with E-state index in [2.05, 4.69) is 86.3 Å². The van der Waals surface area contributed by atoms with Gasteiger partial charge in [0.2, 0.25) is 0 Å². The normalized spacial score (nSPS) is 14.7. The first kappa shape index (κ1) is 16.0. The SMILES string of the molecule is Cc1ccc2c(ccc3cc(S)ccc32)c1-c1ccccc1C1CCC1. The van der Waals surface area contributed by atoms with Crippen molar-refractivity contribution in [3.63, 3.8) is 0 Å². The standard InChI is InChI=1S/C25H22S/c1-16-9-12-22-21-14-11-19(26)15-18(21)10-13-24(22)25(16)23-8-3-2-7-20(23)17-5-4-6-17/h2-3,7-15,17,26H,4-6H2,1H3. The fourth-order valence-corrected chi connectivity index (χ4v) is 4.61. The first-order valence-corrected chi connectivity index (χ1v) is 9.91. The molecular formula is C25H22S. The molecule has 26 heavy (non-hydrogen) atoms. The summed E-state index contributed by atoms with van der Waals surface area (Å²) < 4.78 is 0. The van der Waals surface area contributed by atoms with Crippen LogP contribution in [0.25, 0.3) is 32.7 Å². The van der Waals surface area contributed by atoms with E-state index in [9.17, 15) is 0 Å². The topological polar surface area (TPSA) is 0 Å². The fraction of sp³-hybridized carbons (Fsp3) is 0.200. The minimum atomic E-state index is 0.730. The second-order valence-electron chi connectivity index (χ2n) is 7.54. The summed E-state index contributed by atoms with van der Waals surface area (Å²) in [4.78, 5) is 1.01. The monoisotopic (exact) mass is 354 g/mol. The summed E-state index contributed by atoms with van der Waals surface area (Å²) in [7, 11) is 0. The maximum atomic E-state index is 4.50. The molecule has 5 rings (SSSR count). The molecule has 0 spiro atoms. The van der Waals surface area contributed by atoms with Crippen molar-refractivity contribution in [2.24, 2.45) is 0 Å². The van der Waals surface area contributed by atoms with Gasteiger partial charge in [-0.05, 0) is 81.6 Å². The molecule has 1 fully saturated rings. The van der Waals surface area contributed by atoms with Crippen LogP contribution >= 0.6 is 12.6 Å². The molecule has 1 heteroatoms. The van der Waals surface area contributed by atoms with Gasteiger partial charge in [-0.1, -0.05) is 61.0 Å². The Balaban J connectivity index is 1.83. The van der Waals surface area contributed by atoms with Crippen LogP contribution in [0.5, 0.6) is 0 Å². The summed E-state index contributed by atoms with van der Waals surface area (Å²) >= 11 is 4.50. The highest BCUT2D eigenvalue weighted by Gasteiger charge is 2.23. The summed E-state index contributed by atoms with van der Waals surface area (Å²) in [6, 6.07) is 24.6. The third-order valence-electron chi connectivity index (χ3n) is 5.98. The number of rotatable bonds is 2. The molecule has 0 aliphatic heterocycles. The van der Waals surface area contributed by atoms with E-state index in [1.807, 2.05) is 0 Å². The molecule has 0 nitrogen and oxygen atoms in total. The molecule has 0 unspecified atom stereocenters. The van der Waals surface area contributed by atoms with Gasteiger partial charge in [0.25, 0.3) is 0 Å².